The first-order valence-corrected chi connectivity index (χ1v) is 12.7. The van der Waals surface area contributed by atoms with E-state index in [-0.39, 0.29) is 39.0 Å². The maximum atomic E-state index is 7.87. The van der Waals surface area contributed by atoms with Gasteiger partial charge < -0.3 is 19.6 Å². The molecule has 0 amide bonds. The maximum Gasteiger partial charge on any atom is 0.239 e. The minimum Gasteiger partial charge on any atom is -0.338 e. The molecule has 0 bridgehead atoms. The van der Waals surface area contributed by atoms with Gasteiger partial charge in [-0.3, -0.25) is 0 Å². The molecule has 0 radical (unpaired) electrons. The second kappa shape index (κ2) is 18.5. The number of allylic oxidation sites excluding steroid dienone is 1. The summed E-state index contributed by atoms with van der Waals surface area (Å²) in [5, 5.41) is 1.21. The van der Waals surface area contributed by atoms with Gasteiger partial charge in [0.2, 0.25) is 11.4 Å². The average molecular weight is 498 g/mol. The third-order valence-corrected chi connectivity index (χ3v) is 1.06. The van der Waals surface area contributed by atoms with Gasteiger partial charge in [0.05, 0.1) is 0 Å². The molecule has 0 heterocycles. The molecule has 0 spiro atoms. The molecule has 0 saturated heterocycles. The molecular weight excluding hydrogens is 486 g/mol. The SMILES string of the molecule is C=C[CH2][Zn].OP(O)(=S)S.OP(O)(=S)S.[Zn].[Zn]. The molecule has 0 aromatic heterocycles. The molecule has 0 aliphatic rings. The molecule has 0 aromatic rings. The van der Waals surface area contributed by atoms with Crippen LogP contribution in [0.5, 0.6) is 0 Å². The fraction of sp³-hybridized carbons (Fsp3) is 0.333. The molecule has 0 aliphatic heterocycles. The zero-order chi connectivity index (χ0) is 12.4. The summed E-state index contributed by atoms with van der Waals surface area (Å²) in [6.45, 7) is 3.51. The van der Waals surface area contributed by atoms with Crippen LogP contribution in [0.3, 0.4) is 0 Å². The van der Waals surface area contributed by atoms with E-state index in [2.05, 4.69) is 54.7 Å². The van der Waals surface area contributed by atoms with E-state index >= 15 is 0 Å². The van der Waals surface area contributed by atoms with Crippen molar-refractivity contribution in [2.24, 2.45) is 0 Å². The van der Waals surface area contributed by atoms with Crippen LogP contribution in [-0.4, -0.2) is 19.6 Å². The summed E-state index contributed by atoms with van der Waals surface area (Å²) in [6.07, 6.45) is 1.93. The van der Waals surface area contributed by atoms with E-state index in [0.717, 1.165) is 0 Å². The van der Waals surface area contributed by atoms with Gasteiger partial charge in [0.15, 0.2) is 0 Å². The number of hydrogen-bond acceptors (Lipinski definition) is 2. The number of hydrogen-bond donors (Lipinski definition) is 6. The van der Waals surface area contributed by atoms with Gasteiger partial charge in [-0.25, -0.2) is 0 Å². The molecule has 16 heavy (non-hydrogen) atoms. The monoisotopic (exact) mass is 493 g/mol. The Labute approximate surface area is 152 Å². The van der Waals surface area contributed by atoms with Crippen LogP contribution in [0.15, 0.2) is 12.7 Å². The first-order chi connectivity index (χ1) is 5.91. The predicted molar refractivity (Wildman–Crippen MR) is 70.4 cm³/mol. The van der Waals surface area contributed by atoms with Gasteiger partial charge in [0.25, 0.3) is 0 Å². The largest absolute Gasteiger partial charge is 0.338 e. The Balaban J connectivity index is -0.0000000358. The molecule has 0 aromatic carbocycles. The van der Waals surface area contributed by atoms with E-state index in [1.54, 1.807) is 0 Å². The van der Waals surface area contributed by atoms with E-state index < -0.39 is 11.4 Å². The summed E-state index contributed by atoms with van der Waals surface area (Å²) in [5.41, 5.74) is -6.22. The quantitative estimate of drug-likeness (QED) is 0.142. The van der Waals surface area contributed by atoms with Gasteiger partial charge in [-0.1, -0.05) is 24.5 Å². The van der Waals surface area contributed by atoms with Crippen LogP contribution in [0, 0.1) is 0 Å². The predicted octanol–water partition coefficient (Wildman–Crippen LogP) is 1.38. The van der Waals surface area contributed by atoms with Crippen molar-refractivity contribution in [3.05, 3.63) is 12.7 Å². The summed E-state index contributed by atoms with van der Waals surface area (Å²) < 4.78 is 0. The van der Waals surface area contributed by atoms with Crippen LogP contribution in [0.4, 0.5) is 0 Å². The van der Waals surface area contributed by atoms with Gasteiger partial charge in [-0.15, -0.1) is 0 Å². The second-order valence-electron chi connectivity index (χ2n) is 1.60. The molecule has 4 N–H and O–H groups in total. The minimum atomic E-state index is -3.11. The van der Waals surface area contributed by atoms with Crippen molar-refractivity contribution in [2.75, 3.05) is 0 Å². The van der Waals surface area contributed by atoms with Crippen molar-refractivity contribution < 1.29 is 76.8 Å². The fourth-order valence-corrected chi connectivity index (χ4v) is 0. The van der Waals surface area contributed by atoms with Gasteiger partial charge in [-0.2, -0.15) is 0 Å². The maximum absolute atomic E-state index is 7.87. The van der Waals surface area contributed by atoms with Crippen LogP contribution in [-0.2, 0) is 80.9 Å². The summed E-state index contributed by atoms with van der Waals surface area (Å²) >= 11 is 15.5. The van der Waals surface area contributed by atoms with Crippen LogP contribution >= 0.6 is 35.9 Å². The molecule has 0 unspecified atom stereocenters. The van der Waals surface area contributed by atoms with E-state index in [0.29, 0.717) is 0 Å². The fourth-order valence-electron chi connectivity index (χ4n) is 0. The second-order valence-corrected chi connectivity index (χ2v) is 12.9. The van der Waals surface area contributed by atoms with Crippen LogP contribution in [0.1, 0.15) is 0 Å². The molecule has 13 heteroatoms. The molecule has 0 fully saturated rings. The van der Waals surface area contributed by atoms with Crippen molar-refractivity contribution in [3.63, 3.8) is 0 Å². The van der Waals surface area contributed by atoms with Crippen molar-refractivity contribution in [1.82, 2.24) is 0 Å². The standard InChI is InChI=1S/C3H5.2H3O2PS2.3Zn/c1-3-2;2*1-3(2,4)5;;;/h3H,1-2H2;2*(H3,1,2,4,5);;;. The number of rotatable bonds is 1. The van der Waals surface area contributed by atoms with E-state index in [9.17, 15) is 0 Å². The summed E-state index contributed by atoms with van der Waals surface area (Å²) in [7, 11) is 0. The summed E-state index contributed by atoms with van der Waals surface area (Å²) in [6, 6.07) is 0. The Bertz CT molecular complexity index is 194. The van der Waals surface area contributed by atoms with E-state index in [1.165, 1.54) is 23.3 Å². The smallest absolute Gasteiger partial charge is 0.239 e. The molecule has 0 atom stereocenters. The first kappa shape index (κ1) is 31.7. The number of thiol groups is 2. The third-order valence-electron chi connectivity index (χ3n) is 0.204. The Hall–Kier alpha value is 3.45. The average Bonchev–Trinajstić information content (AvgIpc) is 1.79. The molecule has 0 aliphatic carbocycles. The van der Waals surface area contributed by atoms with E-state index in [4.69, 9.17) is 19.6 Å². The Morgan fingerprint density at radius 2 is 1.12 bits per heavy atom. The third kappa shape index (κ3) is 238. The topological polar surface area (TPSA) is 80.9 Å². The zero-order valence-corrected chi connectivity index (χ0v) is 22.6. The Kier molecular flexibility index (Phi) is 36.6. The van der Waals surface area contributed by atoms with Gasteiger partial charge in [0, 0.05) is 39.0 Å². The minimum absolute atomic E-state index is 0. The van der Waals surface area contributed by atoms with Crippen molar-refractivity contribution in [1.29, 1.82) is 0 Å². The summed E-state index contributed by atoms with van der Waals surface area (Å²) in [4.78, 5) is 31.5. The van der Waals surface area contributed by atoms with Gasteiger partial charge >= 0.3 is 36.0 Å². The first-order valence-electron chi connectivity index (χ1n) is 2.88. The molecule has 0 rings (SSSR count). The molecule has 4 nitrogen and oxygen atoms in total. The molecular formula is C3H11O4P2S4Zn3. The summed E-state index contributed by atoms with van der Waals surface area (Å²) in [5.74, 6) is 0. The van der Waals surface area contributed by atoms with Crippen LogP contribution < -0.4 is 0 Å². The normalized spacial score (nSPS) is 9.00. The van der Waals surface area contributed by atoms with Crippen molar-refractivity contribution in [3.8, 4) is 0 Å². The van der Waals surface area contributed by atoms with E-state index in [1.807, 2.05) is 6.08 Å². The van der Waals surface area contributed by atoms with Crippen LogP contribution in [0.25, 0.3) is 0 Å². The van der Waals surface area contributed by atoms with Crippen molar-refractivity contribution in [2.45, 2.75) is 5.02 Å². The molecule has 87 valence electrons. The Morgan fingerprint density at radius 3 is 1.12 bits per heavy atom. The van der Waals surface area contributed by atoms with Crippen molar-refractivity contribution >= 4 is 59.5 Å². The van der Waals surface area contributed by atoms with Crippen LogP contribution in [0.2, 0.25) is 5.02 Å². The Morgan fingerprint density at radius 1 is 1.06 bits per heavy atom. The van der Waals surface area contributed by atoms with Gasteiger partial charge in [-0.05, 0) is 23.6 Å². The molecule has 0 saturated carbocycles. The van der Waals surface area contributed by atoms with Gasteiger partial charge in [0.1, 0.15) is 0 Å². The zero-order valence-electron chi connectivity index (χ0n) is 8.51.